The van der Waals surface area contributed by atoms with Gasteiger partial charge in [-0.25, -0.2) is 14.4 Å². The summed E-state index contributed by atoms with van der Waals surface area (Å²) < 4.78 is 16.6. The minimum Gasteiger partial charge on any atom is -0.365 e. The van der Waals surface area contributed by atoms with Crippen molar-refractivity contribution in [2.45, 2.75) is 26.3 Å². The number of nitrogens with one attached hydrogen (secondary N) is 1. The minimum atomic E-state index is -0.255. The Morgan fingerprint density at radius 3 is 2.66 bits per heavy atom. The summed E-state index contributed by atoms with van der Waals surface area (Å²) in [7, 11) is 0. The molecule has 1 N–H and O–H groups in total. The summed E-state index contributed by atoms with van der Waals surface area (Å²) in [4.78, 5) is 10.2. The quantitative estimate of drug-likeness (QED) is 0.318. The van der Waals surface area contributed by atoms with Gasteiger partial charge in [-0.15, -0.1) is 0 Å². The Labute approximate surface area is 176 Å². The van der Waals surface area contributed by atoms with E-state index in [2.05, 4.69) is 31.1 Å². The lowest BCUT2D eigenvalue weighted by Gasteiger charge is -2.22. The number of anilines is 1. The van der Waals surface area contributed by atoms with Gasteiger partial charge in [-0.2, -0.15) is 0 Å². The number of fused-ring (bicyclic) bond motifs is 4. The Balaban J connectivity index is 1.84. The van der Waals surface area contributed by atoms with E-state index >= 15 is 0 Å². The molecule has 7 heteroatoms. The van der Waals surface area contributed by atoms with Crippen molar-refractivity contribution in [2.75, 3.05) is 5.32 Å². The van der Waals surface area contributed by atoms with Crippen LogP contribution in [0, 0.1) is 5.82 Å². The van der Waals surface area contributed by atoms with Crippen molar-refractivity contribution >= 4 is 54.8 Å². The van der Waals surface area contributed by atoms with Gasteiger partial charge < -0.3 is 5.32 Å². The fourth-order valence-electron chi connectivity index (χ4n) is 3.46. The molecule has 0 radical (unpaired) electrons. The molecule has 0 amide bonds. The smallest absolute Gasteiger partial charge is 0.197 e. The highest BCUT2D eigenvalue weighted by atomic mass is 35.5. The molecular weight excluding hydrogens is 407 g/mol. The van der Waals surface area contributed by atoms with Crippen molar-refractivity contribution in [3.63, 3.8) is 0 Å². The molecular formula is C22H18ClFN4S. The predicted octanol–water partition coefficient (Wildman–Crippen LogP) is 6.77. The monoisotopic (exact) mass is 424 g/mol. The number of pyridine rings is 1. The SMILES string of the molecule is CC(C)(C)Nc1c(-c2cc3ccccc3nc2Cl)nc2sc3cc(F)ccc3n12. The van der Waals surface area contributed by atoms with Crippen LogP contribution in [0.25, 0.3) is 37.3 Å². The summed E-state index contributed by atoms with van der Waals surface area (Å²) in [5.41, 5.74) is 3.04. The predicted molar refractivity (Wildman–Crippen MR) is 120 cm³/mol. The number of thiazole rings is 1. The molecule has 0 fully saturated rings. The van der Waals surface area contributed by atoms with Gasteiger partial charge >= 0.3 is 0 Å². The summed E-state index contributed by atoms with van der Waals surface area (Å²) in [6.07, 6.45) is 0. The van der Waals surface area contributed by atoms with Gasteiger partial charge in [-0.05, 0) is 51.1 Å². The second-order valence-electron chi connectivity index (χ2n) is 8.04. The van der Waals surface area contributed by atoms with Gasteiger partial charge in [0.25, 0.3) is 0 Å². The molecule has 0 spiro atoms. The standard InChI is InChI=1S/C22H18ClFN4S/c1-22(2,3)27-20-18(14-10-12-6-4-5-7-15(12)25-19(14)23)26-21-28(20)16-9-8-13(24)11-17(16)29-21/h4-11,27H,1-3H3. The van der Waals surface area contributed by atoms with Gasteiger partial charge in [0.2, 0.25) is 0 Å². The highest BCUT2D eigenvalue weighted by Gasteiger charge is 2.24. The van der Waals surface area contributed by atoms with Crippen LogP contribution in [0.3, 0.4) is 0 Å². The summed E-state index contributed by atoms with van der Waals surface area (Å²) in [5.74, 6) is 0.568. The summed E-state index contributed by atoms with van der Waals surface area (Å²) in [5, 5.41) is 4.97. The molecule has 0 saturated heterocycles. The Kier molecular flexibility index (Phi) is 4.05. The van der Waals surface area contributed by atoms with Crippen LogP contribution in [-0.2, 0) is 0 Å². The number of benzene rings is 2. The Bertz CT molecular complexity index is 1400. The molecule has 3 heterocycles. The van der Waals surface area contributed by atoms with Gasteiger partial charge in [0.1, 0.15) is 22.5 Å². The maximum atomic E-state index is 13.7. The second kappa shape index (κ2) is 6.40. The highest BCUT2D eigenvalue weighted by molar-refractivity contribution is 7.23. The van der Waals surface area contributed by atoms with Crippen LogP contribution in [0.2, 0.25) is 5.15 Å². The van der Waals surface area contributed by atoms with Crippen LogP contribution in [0.4, 0.5) is 10.2 Å². The molecule has 0 aliphatic heterocycles. The topological polar surface area (TPSA) is 42.2 Å². The zero-order valence-electron chi connectivity index (χ0n) is 16.1. The van der Waals surface area contributed by atoms with Crippen molar-refractivity contribution in [1.29, 1.82) is 0 Å². The molecule has 0 aliphatic carbocycles. The summed E-state index contributed by atoms with van der Waals surface area (Å²) in [6, 6.07) is 14.7. The van der Waals surface area contributed by atoms with Gasteiger partial charge in [-0.3, -0.25) is 4.40 Å². The van der Waals surface area contributed by atoms with Crippen molar-refractivity contribution < 1.29 is 4.39 Å². The Morgan fingerprint density at radius 1 is 1.07 bits per heavy atom. The first-order chi connectivity index (χ1) is 13.8. The third-order valence-electron chi connectivity index (χ3n) is 4.64. The van der Waals surface area contributed by atoms with E-state index < -0.39 is 0 Å². The van der Waals surface area contributed by atoms with Crippen molar-refractivity contribution in [3.05, 3.63) is 59.5 Å². The van der Waals surface area contributed by atoms with E-state index in [9.17, 15) is 4.39 Å². The molecule has 5 rings (SSSR count). The minimum absolute atomic E-state index is 0.213. The Morgan fingerprint density at radius 2 is 1.86 bits per heavy atom. The van der Waals surface area contributed by atoms with Crippen molar-refractivity contribution in [1.82, 2.24) is 14.4 Å². The molecule has 0 aliphatic rings. The van der Waals surface area contributed by atoms with E-state index in [1.165, 1.54) is 17.4 Å². The zero-order chi connectivity index (χ0) is 20.3. The van der Waals surface area contributed by atoms with Crippen LogP contribution in [0.15, 0.2) is 48.5 Å². The Hall–Kier alpha value is -2.70. The van der Waals surface area contributed by atoms with E-state index in [1.54, 1.807) is 12.1 Å². The fraction of sp³-hybridized carbons (Fsp3) is 0.182. The second-order valence-corrected chi connectivity index (χ2v) is 9.40. The lowest BCUT2D eigenvalue weighted by molar-refractivity contribution is 0.628. The fourth-order valence-corrected chi connectivity index (χ4v) is 4.75. The van der Waals surface area contributed by atoms with E-state index in [0.717, 1.165) is 43.2 Å². The summed E-state index contributed by atoms with van der Waals surface area (Å²) in [6.45, 7) is 6.26. The third kappa shape index (κ3) is 3.12. The first-order valence-electron chi connectivity index (χ1n) is 9.24. The van der Waals surface area contributed by atoms with E-state index in [4.69, 9.17) is 16.6 Å². The third-order valence-corrected chi connectivity index (χ3v) is 5.93. The lowest BCUT2D eigenvalue weighted by atomic mass is 10.1. The van der Waals surface area contributed by atoms with E-state index in [-0.39, 0.29) is 11.4 Å². The number of para-hydroxylation sites is 1. The number of hydrogen-bond donors (Lipinski definition) is 1. The van der Waals surface area contributed by atoms with Crippen LogP contribution in [0.5, 0.6) is 0 Å². The molecule has 0 bridgehead atoms. The molecule has 29 heavy (non-hydrogen) atoms. The van der Waals surface area contributed by atoms with Crippen molar-refractivity contribution in [3.8, 4) is 11.3 Å². The number of rotatable bonds is 2. The van der Waals surface area contributed by atoms with Crippen molar-refractivity contribution in [2.24, 2.45) is 0 Å². The van der Waals surface area contributed by atoms with Gasteiger partial charge in [0, 0.05) is 16.5 Å². The van der Waals surface area contributed by atoms with Crippen LogP contribution in [-0.4, -0.2) is 19.9 Å². The van der Waals surface area contributed by atoms with Gasteiger partial charge in [0.05, 0.1) is 15.7 Å². The molecule has 3 aromatic heterocycles. The van der Waals surface area contributed by atoms with E-state index in [0.29, 0.717) is 5.15 Å². The number of imidazole rings is 1. The van der Waals surface area contributed by atoms with Crippen LogP contribution in [0.1, 0.15) is 20.8 Å². The van der Waals surface area contributed by atoms with Crippen LogP contribution < -0.4 is 5.32 Å². The zero-order valence-corrected chi connectivity index (χ0v) is 17.7. The molecule has 4 nitrogen and oxygen atoms in total. The van der Waals surface area contributed by atoms with E-state index in [1.807, 2.05) is 34.7 Å². The first-order valence-corrected chi connectivity index (χ1v) is 10.4. The molecule has 2 aromatic carbocycles. The highest BCUT2D eigenvalue weighted by Crippen LogP contribution is 2.40. The average Bonchev–Trinajstić information content (AvgIpc) is 3.16. The number of hydrogen-bond acceptors (Lipinski definition) is 4. The maximum Gasteiger partial charge on any atom is 0.197 e. The molecule has 0 saturated carbocycles. The number of halogens is 2. The molecule has 5 aromatic rings. The number of aromatic nitrogens is 3. The molecule has 0 unspecified atom stereocenters. The normalized spacial score (nSPS) is 12.3. The molecule has 146 valence electrons. The lowest BCUT2D eigenvalue weighted by Crippen LogP contribution is -2.27. The molecule has 0 atom stereocenters. The van der Waals surface area contributed by atoms with Gasteiger partial charge in [-0.1, -0.05) is 41.1 Å². The maximum absolute atomic E-state index is 13.7. The largest absolute Gasteiger partial charge is 0.365 e. The number of nitrogens with zero attached hydrogens (tertiary/aromatic N) is 3. The average molecular weight is 425 g/mol. The first kappa shape index (κ1) is 18.3. The van der Waals surface area contributed by atoms with Gasteiger partial charge in [0.15, 0.2) is 4.96 Å². The summed E-state index contributed by atoms with van der Waals surface area (Å²) >= 11 is 8.03. The van der Waals surface area contributed by atoms with Crippen LogP contribution >= 0.6 is 22.9 Å².